The molecule has 1 unspecified atom stereocenters. The molecule has 0 fully saturated rings. The third kappa shape index (κ3) is 3.71. The number of rotatable bonds is 5. The van der Waals surface area contributed by atoms with Gasteiger partial charge in [0.1, 0.15) is 18.2 Å². The zero-order chi connectivity index (χ0) is 21.0. The molecule has 1 N–H and O–H groups in total. The van der Waals surface area contributed by atoms with Crippen molar-refractivity contribution in [2.45, 2.75) is 6.04 Å². The van der Waals surface area contributed by atoms with E-state index in [1.165, 1.54) is 0 Å². The van der Waals surface area contributed by atoms with E-state index in [2.05, 4.69) is 46.6 Å². The molecule has 0 saturated carbocycles. The van der Waals surface area contributed by atoms with Gasteiger partial charge in [-0.1, -0.05) is 54.6 Å². The van der Waals surface area contributed by atoms with Crippen molar-refractivity contribution in [2.75, 3.05) is 4.90 Å². The summed E-state index contributed by atoms with van der Waals surface area (Å²) in [7, 11) is 0. The topological polar surface area (TPSA) is 44.7 Å². The van der Waals surface area contributed by atoms with Crippen LogP contribution >= 0.6 is 0 Å². The minimum atomic E-state index is -0.395. The highest BCUT2D eigenvalue weighted by Gasteiger charge is 2.22. The Morgan fingerprint density at radius 1 is 0.677 bits per heavy atom. The summed E-state index contributed by atoms with van der Waals surface area (Å²) in [6.07, 6.45) is 0.925. The van der Waals surface area contributed by atoms with Crippen LogP contribution in [-0.4, -0.2) is 12.1 Å². The summed E-state index contributed by atoms with van der Waals surface area (Å²) in [6, 6.07) is 36.2. The number of carbonyl (C=O) groups excluding carboxylic acids is 1. The molecule has 5 rings (SSSR count). The maximum atomic E-state index is 11.6. The lowest BCUT2D eigenvalue weighted by Crippen LogP contribution is -2.32. The Labute approximate surface area is 181 Å². The van der Waals surface area contributed by atoms with Gasteiger partial charge in [0.2, 0.25) is 0 Å². The maximum absolute atomic E-state index is 11.6. The van der Waals surface area contributed by atoms with Gasteiger partial charge in [-0.2, -0.15) is 0 Å². The van der Waals surface area contributed by atoms with Gasteiger partial charge in [0, 0.05) is 28.2 Å². The fraction of sp³-hybridized carbons (Fsp3) is 0.0370. The summed E-state index contributed by atoms with van der Waals surface area (Å²) >= 11 is 0. The van der Waals surface area contributed by atoms with Crippen LogP contribution in [0.15, 0.2) is 114 Å². The number of anilines is 3. The number of aliphatic imine (C=N–C) groups is 1. The summed E-state index contributed by atoms with van der Waals surface area (Å²) in [5.41, 5.74) is 5.88. The Balaban J connectivity index is 1.52. The van der Waals surface area contributed by atoms with Crippen LogP contribution in [0.1, 0.15) is 17.2 Å². The van der Waals surface area contributed by atoms with Crippen LogP contribution < -0.4 is 10.2 Å². The number of fused-ring (bicyclic) bond motifs is 1. The number of benzene rings is 4. The van der Waals surface area contributed by atoms with Gasteiger partial charge < -0.3 is 15.0 Å². The number of nitrogens with one attached hydrogen (secondary N) is 1. The predicted molar refractivity (Wildman–Crippen MR) is 126 cm³/mol. The Hall–Kier alpha value is -4.18. The van der Waals surface area contributed by atoms with E-state index >= 15 is 0 Å². The van der Waals surface area contributed by atoms with Crippen molar-refractivity contribution in [3.05, 3.63) is 120 Å². The van der Waals surface area contributed by atoms with Crippen LogP contribution in [0.2, 0.25) is 0 Å². The molecule has 0 amide bonds. The van der Waals surface area contributed by atoms with Crippen LogP contribution in [-0.2, 0) is 4.79 Å². The number of aldehydes is 1. The number of hydrogen-bond donors (Lipinski definition) is 1. The minimum Gasteiger partial charge on any atom is -0.356 e. The van der Waals surface area contributed by atoms with Crippen molar-refractivity contribution >= 4 is 34.9 Å². The molecule has 1 aliphatic heterocycles. The minimum absolute atomic E-state index is 0.395. The third-order valence-electron chi connectivity index (χ3n) is 5.36. The molecule has 4 heteroatoms. The number of carbonyl (C=O) groups is 1. The van der Waals surface area contributed by atoms with Gasteiger partial charge >= 0.3 is 0 Å². The normalized spacial score (nSPS) is 14.7. The fourth-order valence-corrected chi connectivity index (χ4v) is 3.86. The number of nitrogens with zero attached hydrogens (tertiary/aromatic N) is 2. The fourth-order valence-electron chi connectivity index (χ4n) is 3.86. The second kappa shape index (κ2) is 8.28. The molecule has 4 aromatic rings. The van der Waals surface area contributed by atoms with E-state index in [0.29, 0.717) is 5.84 Å². The van der Waals surface area contributed by atoms with Gasteiger partial charge in [-0.3, -0.25) is 0 Å². The van der Waals surface area contributed by atoms with Crippen LogP contribution in [0.3, 0.4) is 0 Å². The predicted octanol–water partition coefficient (Wildman–Crippen LogP) is 6.08. The van der Waals surface area contributed by atoms with Crippen LogP contribution in [0, 0.1) is 0 Å². The second-order valence-electron chi connectivity index (χ2n) is 7.33. The number of hydrogen-bond acceptors (Lipinski definition) is 4. The van der Waals surface area contributed by atoms with Crippen molar-refractivity contribution in [3.8, 4) is 0 Å². The van der Waals surface area contributed by atoms with Gasteiger partial charge in [0.15, 0.2) is 0 Å². The summed E-state index contributed by atoms with van der Waals surface area (Å²) in [5.74, 6) is 0.702. The first-order valence-corrected chi connectivity index (χ1v) is 10.2. The molecule has 0 aromatic heterocycles. The quantitative estimate of drug-likeness (QED) is 0.411. The highest BCUT2D eigenvalue weighted by molar-refractivity contribution is 6.03. The van der Waals surface area contributed by atoms with E-state index in [-0.39, 0.29) is 0 Å². The molecule has 4 nitrogen and oxygen atoms in total. The first kappa shape index (κ1) is 18.8. The smallest absolute Gasteiger partial charge is 0.146 e. The highest BCUT2D eigenvalue weighted by atomic mass is 16.1. The summed E-state index contributed by atoms with van der Waals surface area (Å²) in [5, 5.41) is 3.26. The molecule has 0 radical (unpaired) electrons. The molecule has 1 heterocycles. The summed E-state index contributed by atoms with van der Waals surface area (Å²) in [6.45, 7) is 0. The monoisotopic (exact) mass is 403 g/mol. The Morgan fingerprint density at radius 2 is 1.23 bits per heavy atom. The highest BCUT2D eigenvalue weighted by Crippen LogP contribution is 2.35. The summed E-state index contributed by atoms with van der Waals surface area (Å²) in [4.78, 5) is 18.6. The van der Waals surface area contributed by atoms with E-state index in [0.717, 1.165) is 40.2 Å². The van der Waals surface area contributed by atoms with Gasteiger partial charge in [-0.25, -0.2) is 4.99 Å². The molecule has 4 aromatic carbocycles. The average Bonchev–Trinajstić information content (AvgIpc) is 2.85. The molecule has 1 aliphatic rings. The van der Waals surface area contributed by atoms with Crippen molar-refractivity contribution in [1.82, 2.24) is 5.32 Å². The van der Waals surface area contributed by atoms with Crippen molar-refractivity contribution in [3.63, 3.8) is 0 Å². The van der Waals surface area contributed by atoms with Crippen molar-refractivity contribution < 1.29 is 4.79 Å². The van der Waals surface area contributed by atoms with Crippen molar-refractivity contribution in [2.24, 2.45) is 4.99 Å². The number of amidine groups is 1. The first-order valence-electron chi connectivity index (χ1n) is 10.2. The second-order valence-corrected chi connectivity index (χ2v) is 7.33. The lowest BCUT2D eigenvalue weighted by molar-refractivity contribution is -0.109. The van der Waals surface area contributed by atoms with Gasteiger partial charge in [0.25, 0.3) is 0 Å². The Morgan fingerprint density at radius 3 is 1.84 bits per heavy atom. The molecule has 1 atom stereocenters. The van der Waals surface area contributed by atoms with E-state index in [1.54, 1.807) is 0 Å². The zero-order valence-electron chi connectivity index (χ0n) is 16.8. The summed E-state index contributed by atoms with van der Waals surface area (Å²) < 4.78 is 0. The zero-order valence-corrected chi connectivity index (χ0v) is 16.8. The Bertz CT molecular complexity index is 1180. The molecule has 0 spiro atoms. The SMILES string of the molecule is O=CC1NC(c2ccc(N(c3ccccc3)c3ccccc3)cc2)=Nc2ccccc21. The van der Waals surface area contributed by atoms with Crippen LogP contribution in [0.25, 0.3) is 0 Å². The van der Waals surface area contributed by atoms with Gasteiger partial charge in [-0.05, 0) is 54.6 Å². The number of para-hydroxylation sites is 3. The van der Waals surface area contributed by atoms with Crippen molar-refractivity contribution in [1.29, 1.82) is 0 Å². The molecule has 0 saturated heterocycles. The van der Waals surface area contributed by atoms with E-state index in [1.807, 2.05) is 72.8 Å². The van der Waals surface area contributed by atoms with Gasteiger partial charge in [-0.15, -0.1) is 0 Å². The molecule has 0 bridgehead atoms. The molecular formula is C27H21N3O. The lowest BCUT2D eigenvalue weighted by Gasteiger charge is -2.26. The Kier molecular flexibility index (Phi) is 5.03. The molecule has 31 heavy (non-hydrogen) atoms. The standard InChI is InChI=1S/C27H21N3O/c31-19-26-24-13-7-8-14-25(24)28-27(29-26)20-15-17-23(18-16-20)30(21-9-3-1-4-10-21)22-11-5-2-6-12-22/h1-19,26H,(H,28,29). The average molecular weight is 403 g/mol. The van der Waals surface area contributed by atoms with E-state index in [9.17, 15) is 4.79 Å². The maximum Gasteiger partial charge on any atom is 0.146 e. The largest absolute Gasteiger partial charge is 0.356 e. The van der Waals surface area contributed by atoms with Crippen LogP contribution in [0.5, 0.6) is 0 Å². The van der Waals surface area contributed by atoms with Crippen LogP contribution in [0.4, 0.5) is 22.7 Å². The third-order valence-corrected chi connectivity index (χ3v) is 5.36. The first-order chi connectivity index (χ1) is 15.3. The van der Waals surface area contributed by atoms with E-state index in [4.69, 9.17) is 4.99 Å². The van der Waals surface area contributed by atoms with E-state index < -0.39 is 6.04 Å². The molecule has 0 aliphatic carbocycles. The molecule has 150 valence electrons. The lowest BCUT2D eigenvalue weighted by atomic mass is 10.0. The molecular weight excluding hydrogens is 382 g/mol. The van der Waals surface area contributed by atoms with Gasteiger partial charge in [0.05, 0.1) is 5.69 Å².